The molecule has 0 bridgehead atoms. The molecule has 3 atom stereocenters. The summed E-state index contributed by atoms with van der Waals surface area (Å²) in [7, 11) is 0. The molecule has 0 aromatic heterocycles. The van der Waals surface area contributed by atoms with Crippen LogP contribution in [0.4, 0.5) is 0 Å². The minimum absolute atomic E-state index is 0.00259. The minimum Gasteiger partial charge on any atom is -0.377 e. The molecule has 0 radical (unpaired) electrons. The van der Waals surface area contributed by atoms with E-state index in [0.717, 1.165) is 32.3 Å². The van der Waals surface area contributed by atoms with E-state index in [2.05, 4.69) is 10.6 Å². The van der Waals surface area contributed by atoms with Crippen LogP contribution in [-0.4, -0.2) is 42.7 Å². The van der Waals surface area contributed by atoms with Crippen molar-refractivity contribution in [3.63, 3.8) is 0 Å². The van der Waals surface area contributed by atoms with Gasteiger partial charge in [-0.3, -0.25) is 9.59 Å². The third-order valence-electron chi connectivity index (χ3n) is 5.41. The van der Waals surface area contributed by atoms with E-state index in [1.165, 1.54) is 0 Å². The van der Waals surface area contributed by atoms with Crippen LogP contribution in [0, 0.1) is 11.3 Å². The number of carbonyl (C=O) groups is 2. The summed E-state index contributed by atoms with van der Waals surface area (Å²) in [6.45, 7) is 4.70. The minimum atomic E-state index is -0.946. The number of carbonyl (C=O) groups excluding carboxylic acids is 2. The Morgan fingerprint density at radius 2 is 2.00 bits per heavy atom. The van der Waals surface area contributed by atoms with Gasteiger partial charge in [0, 0.05) is 24.0 Å². The molecule has 1 aliphatic heterocycles. The number of hydrogen-bond acceptors (Lipinski definition) is 4. The van der Waals surface area contributed by atoms with E-state index in [-0.39, 0.29) is 30.4 Å². The molecule has 3 fully saturated rings. The summed E-state index contributed by atoms with van der Waals surface area (Å²) in [5, 5.41) is 5.57. The molecule has 0 aromatic rings. The topological polar surface area (TPSA) is 93.4 Å². The molecule has 2 saturated carbocycles. The number of fused-ring (bicyclic) bond motifs is 1. The highest BCUT2D eigenvalue weighted by Crippen LogP contribution is 2.57. The van der Waals surface area contributed by atoms with E-state index >= 15 is 0 Å². The summed E-state index contributed by atoms with van der Waals surface area (Å²) in [6, 6.07) is 0.303. The van der Waals surface area contributed by atoms with Crippen LogP contribution in [0.3, 0.4) is 0 Å². The van der Waals surface area contributed by atoms with Crippen LogP contribution in [0.5, 0.6) is 0 Å². The molecular weight excluding hydrogens is 270 g/mol. The SMILES string of the molecule is CC1(C)C2OCCCC2C1(N)C(=O)NCC(=O)NC1CC1. The van der Waals surface area contributed by atoms with Crippen LogP contribution >= 0.6 is 0 Å². The molecule has 0 spiro atoms. The summed E-state index contributed by atoms with van der Waals surface area (Å²) >= 11 is 0. The molecule has 1 saturated heterocycles. The highest BCUT2D eigenvalue weighted by atomic mass is 16.5. The van der Waals surface area contributed by atoms with Crippen LogP contribution in [0.2, 0.25) is 0 Å². The molecule has 1 heterocycles. The third-order valence-corrected chi connectivity index (χ3v) is 5.41. The second-order valence-electron chi connectivity index (χ2n) is 7.16. The first-order chi connectivity index (χ1) is 9.87. The normalized spacial score (nSPS) is 37.1. The van der Waals surface area contributed by atoms with Crippen molar-refractivity contribution in [1.29, 1.82) is 0 Å². The fourth-order valence-corrected chi connectivity index (χ4v) is 3.85. The summed E-state index contributed by atoms with van der Waals surface area (Å²) < 4.78 is 5.78. The Hall–Kier alpha value is -1.14. The maximum atomic E-state index is 12.6. The predicted molar refractivity (Wildman–Crippen MR) is 77.3 cm³/mol. The lowest BCUT2D eigenvalue weighted by molar-refractivity contribution is -0.225. The Morgan fingerprint density at radius 1 is 1.29 bits per heavy atom. The summed E-state index contributed by atoms with van der Waals surface area (Å²) in [6.07, 6.45) is 3.96. The summed E-state index contributed by atoms with van der Waals surface area (Å²) in [5.41, 5.74) is 5.10. The lowest BCUT2D eigenvalue weighted by Gasteiger charge is -2.65. The fraction of sp³-hybridized carbons (Fsp3) is 0.867. The van der Waals surface area contributed by atoms with E-state index in [1.54, 1.807) is 0 Å². The fourth-order valence-electron chi connectivity index (χ4n) is 3.85. The zero-order valence-electron chi connectivity index (χ0n) is 12.8. The lowest BCUT2D eigenvalue weighted by Crippen LogP contribution is -2.82. The lowest BCUT2D eigenvalue weighted by atomic mass is 9.46. The summed E-state index contributed by atoms with van der Waals surface area (Å²) in [4.78, 5) is 24.2. The van der Waals surface area contributed by atoms with Crippen LogP contribution in [-0.2, 0) is 14.3 Å². The molecule has 2 amide bonds. The number of rotatable bonds is 4. The number of nitrogens with two attached hydrogens (primary N) is 1. The van der Waals surface area contributed by atoms with Gasteiger partial charge >= 0.3 is 0 Å². The Labute approximate surface area is 125 Å². The molecule has 4 N–H and O–H groups in total. The number of amides is 2. The molecule has 2 aliphatic carbocycles. The molecule has 6 nitrogen and oxygen atoms in total. The van der Waals surface area contributed by atoms with Gasteiger partial charge in [0.15, 0.2) is 0 Å². The zero-order valence-corrected chi connectivity index (χ0v) is 12.8. The first kappa shape index (κ1) is 14.8. The van der Waals surface area contributed by atoms with Crippen molar-refractivity contribution in [2.45, 2.75) is 57.2 Å². The first-order valence-electron chi connectivity index (χ1n) is 7.85. The largest absolute Gasteiger partial charge is 0.377 e. The molecule has 118 valence electrons. The van der Waals surface area contributed by atoms with E-state index in [0.29, 0.717) is 6.04 Å². The van der Waals surface area contributed by atoms with Gasteiger partial charge in [-0.15, -0.1) is 0 Å². The van der Waals surface area contributed by atoms with Crippen molar-refractivity contribution in [2.75, 3.05) is 13.2 Å². The van der Waals surface area contributed by atoms with Crippen molar-refractivity contribution in [1.82, 2.24) is 10.6 Å². The van der Waals surface area contributed by atoms with E-state index in [1.807, 2.05) is 13.8 Å². The quantitative estimate of drug-likeness (QED) is 0.676. The van der Waals surface area contributed by atoms with Gasteiger partial charge < -0.3 is 21.1 Å². The Balaban J connectivity index is 1.60. The Kier molecular flexibility index (Phi) is 3.48. The first-order valence-corrected chi connectivity index (χ1v) is 7.85. The molecule has 3 aliphatic rings. The maximum absolute atomic E-state index is 12.6. The Bertz CT molecular complexity index is 461. The molecular formula is C15H25N3O3. The maximum Gasteiger partial charge on any atom is 0.241 e. The second kappa shape index (κ2) is 4.95. The van der Waals surface area contributed by atoms with Gasteiger partial charge in [-0.2, -0.15) is 0 Å². The summed E-state index contributed by atoms with van der Waals surface area (Å²) in [5.74, 6) is -0.319. The van der Waals surface area contributed by atoms with Gasteiger partial charge in [0.25, 0.3) is 0 Å². The van der Waals surface area contributed by atoms with E-state index in [9.17, 15) is 9.59 Å². The van der Waals surface area contributed by atoms with Gasteiger partial charge in [-0.25, -0.2) is 0 Å². The standard InChI is InChI=1S/C15H25N3O3/c1-14(2)12-10(4-3-7-21-12)15(14,16)13(20)17-8-11(19)18-9-5-6-9/h9-10,12H,3-8,16H2,1-2H3,(H,17,20)(H,18,19). The molecule has 0 aromatic carbocycles. The van der Waals surface area contributed by atoms with E-state index in [4.69, 9.17) is 10.5 Å². The van der Waals surface area contributed by atoms with Crippen molar-refractivity contribution in [2.24, 2.45) is 17.1 Å². The predicted octanol–water partition coefficient (Wildman–Crippen LogP) is -0.0863. The Morgan fingerprint density at radius 3 is 2.67 bits per heavy atom. The van der Waals surface area contributed by atoms with Crippen LogP contribution in [0.25, 0.3) is 0 Å². The average Bonchev–Trinajstić information content (AvgIpc) is 3.27. The second-order valence-corrected chi connectivity index (χ2v) is 7.16. The van der Waals surface area contributed by atoms with Crippen LogP contribution in [0.1, 0.15) is 39.5 Å². The van der Waals surface area contributed by atoms with Crippen molar-refractivity contribution in [3.05, 3.63) is 0 Å². The molecule has 6 heteroatoms. The van der Waals surface area contributed by atoms with Gasteiger partial charge in [-0.1, -0.05) is 13.8 Å². The zero-order chi connectivity index (χ0) is 15.3. The highest BCUT2D eigenvalue weighted by Gasteiger charge is 2.70. The van der Waals surface area contributed by atoms with Gasteiger partial charge in [-0.05, 0) is 25.7 Å². The molecule has 3 rings (SSSR count). The molecule has 3 unspecified atom stereocenters. The average molecular weight is 295 g/mol. The van der Waals surface area contributed by atoms with E-state index < -0.39 is 11.0 Å². The van der Waals surface area contributed by atoms with Crippen molar-refractivity contribution >= 4 is 11.8 Å². The monoisotopic (exact) mass is 295 g/mol. The van der Waals surface area contributed by atoms with Crippen LogP contribution < -0.4 is 16.4 Å². The van der Waals surface area contributed by atoms with Crippen molar-refractivity contribution in [3.8, 4) is 0 Å². The number of nitrogens with one attached hydrogen (secondary N) is 2. The third kappa shape index (κ3) is 2.25. The van der Waals surface area contributed by atoms with Crippen molar-refractivity contribution < 1.29 is 14.3 Å². The highest BCUT2D eigenvalue weighted by molar-refractivity contribution is 5.92. The number of hydrogen-bond donors (Lipinski definition) is 3. The number of ether oxygens (including phenoxy) is 1. The smallest absolute Gasteiger partial charge is 0.241 e. The molecule has 21 heavy (non-hydrogen) atoms. The van der Waals surface area contributed by atoms with Gasteiger partial charge in [0.2, 0.25) is 11.8 Å². The van der Waals surface area contributed by atoms with Gasteiger partial charge in [0.1, 0.15) is 5.54 Å². The van der Waals surface area contributed by atoms with Crippen LogP contribution in [0.15, 0.2) is 0 Å². The van der Waals surface area contributed by atoms with Gasteiger partial charge in [0.05, 0.1) is 12.6 Å².